The van der Waals surface area contributed by atoms with Crippen molar-refractivity contribution < 1.29 is 14.3 Å². The molecule has 94 valence electrons. The Morgan fingerprint density at radius 3 is 2.53 bits per heavy atom. The van der Waals surface area contributed by atoms with E-state index < -0.39 is 0 Å². The third kappa shape index (κ3) is 3.46. The standard InChI is InChI=1S/C13H19NO3/c1-4-14(5-2)12-7-6-11(9-15)13(8-12)17-10-16-3/h6-9H,4-5,10H2,1-3H3. The number of hydrogen-bond acceptors (Lipinski definition) is 4. The Bertz CT molecular complexity index is 362. The smallest absolute Gasteiger partial charge is 0.188 e. The largest absolute Gasteiger partial charge is 0.467 e. The molecule has 0 aliphatic heterocycles. The van der Waals surface area contributed by atoms with Gasteiger partial charge in [0.25, 0.3) is 0 Å². The lowest BCUT2D eigenvalue weighted by atomic mass is 10.2. The van der Waals surface area contributed by atoms with Crippen molar-refractivity contribution in [3.63, 3.8) is 0 Å². The molecule has 0 saturated heterocycles. The summed E-state index contributed by atoms with van der Waals surface area (Å²) in [5.41, 5.74) is 1.59. The molecule has 4 nitrogen and oxygen atoms in total. The summed E-state index contributed by atoms with van der Waals surface area (Å²) in [6.45, 7) is 6.16. The molecule has 4 heteroatoms. The van der Waals surface area contributed by atoms with E-state index in [0.717, 1.165) is 25.1 Å². The molecule has 0 aliphatic rings. The molecule has 0 radical (unpaired) electrons. The maximum Gasteiger partial charge on any atom is 0.188 e. The van der Waals surface area contributed by atoms with Gasteiger partial charge in [-0.2, -0.15) is 0 Å². The van der Waals surface area contributed by atoms with Gasteiger partial charge in [0.05, 0.1) is 5.56 Å². The Hall–Kier alpha value is -1.55. The van der Waals surface area contributed by atoms with Gasteiger partial charge in [-0.1, -0.05) is 0 Å². The summed E-state index contributed by atoms with van der Waals surface area (Å²) in [4.78, 5) is 13.1. The van der Waals surface area contributed by atoms with Crippen LogP contribution in [0.5, 0.6) is 5.75 Å². The van der Waals surface area contributed by atoms with Crippen LogP contribution in [0, 0.1) is 0 Å². The average Bonchev–Trinajstić information content (AvgIpc) is 2.38. The highest BCUT2D eigenvalue weighted by atomic mass is 16.7. The highest BCUT2D eigenvalue weighted by Gasteiger charge is 2.08. The van der Waals surface area contributed by atoms with Gasteiger partial charge in [0.2, 0.25) is 0 Å². The normalized spacial score (nSPS) is 10.1. The van der Waals surface area contributed by atoms with Gasteiger partial charge in [-0.05, 0) is 26.0 Å². The lowest BCUT2D eigenvalue weighted by Gasteiger charge is -2.22. The van der Waals surface area contributed by atoms with Gasteiger partial charge >= 0.3 is 0 Å². The van der Waals surface area contributed by atoms with Crippen LogP contribution in [-0.2, 0) is 4.74 Å². The van der Waals surface area contributed by atoms with E-state index >= 15 is 0 Å². The lowest BCUT2D eigenvalue weighted by molar-refractivity contribution is 0.0506. The Labute approximate surface area is 102 Å². The summed E-state index contributed by atoms with van der Waals surface area (Å²) in [5, 5.41) is 0. The van der Waals surface area contributed by atoms with E-state index in [-0.39, 0.29) is 6.79 Å². The molecule has 0 saturated carbocycles. The van der Waals surface area contributed by atoms with Gasteiger partial charge in [-0.25, -0.2) is 0 Å². The minimum absolute atomic E-state index is 0.141. The number of aldehydes is 1. The maximum absolute atomic E-state index is 10.9. The first-order valence-corrected chi connectivity index (χ1v) is 5.72. The van der Waals surface area contributed by atoms with Gasteiger partial charge in [-0.15, -0.1) is 0 Å². The number of methoxy groups -OCH3 is 1. The van der Waals surface area contributed by atoms with Crippen molar-refractivity contribution in [1.29, 1.82) is 0 Å². The summed E-state index contributed by atoms with van der Waals surface area (Å²) in [7, 11) is 1.55. The Morgan fingerprint density at radius 2 is 2.00 bits per heavy atom. The summed E-state index contributed by atoms with van der Waals surface area (Å²) in [6, 6.07) is 5.57. The van der Waals surface area contributed by atoms with Crippen molar-refractivity contribution in [2.24, 2.45) is 0 Å². The number of ether oxygens (including phenoxy) is 2. The first-order chi connectivity index (χ1) is 8.26. The zero-order valence-electron chi connectivity index (χ0n) is 10.6. The molecule has 0 aliphatic carbocycles. The molecule has 1 aromatic rings. The molecule has 1 aromatic carbocycles. The zero-order valence-corrected chi connectivity index (χ0v) is 10.6. The first kappa shape index (κ1) is 13.5. The number of carbonyl (C=O) groups excluding carboxylic acids is 1. The lowest BCUT2D eigenvalue weighted by Crippen LogP contribution is -2.21. The minimum Gasteiger partial charge on any atom is -0.467 e. The average molecular weight is 237 g/mol. The molecule has 0 bridgehead atoms. The highest BCUT2D eigenvalue weighted by molar-refractivity contribution is 5.80. The molecular formula is C13H19NO3. The molecule has 0 atom stereocenters. The van der Waals surface area contributed by atoms with Crippen LogP contribution in [0.1, 0.15) is 24.2 Å². The summed E-state index contributed by atoms with van der Waals surface area (Å²) < 4.78 is 10.2. The van der Waals surface area contributed by atoms with E-state index in [1.165, 1.54) is 0 Å². The van der Waals surface area contributed by atoms with Crippen molar-refractivity contribution in [3.05, 3.63) is 23.8 Å². The predicted octanol–water partition coefficient (Wildman–Crippen LogP) is 2.33. The van der Waals surface area contributed by atoms with Crippen LogP contribution >= 0.6 is 0 Å². The van der Waals surface area contributed by atoms with Crippen molar-refractivity contribution in [2.45, 2.75) is 13.8 Å². The molecular weight excluding hydrogens is 218 g/mol. The predicted molar refractivity (Wildman–Crippen MR) is 67.9 cm³/mol. The fraction of sp³-hybridized carbons (Fsp3) is 0.462. The molecule has 17 heavy (non-hydrogen) atoms. The third-order valence-electron chi connectivity index (χ3n) is 2.58. The molecule has 1 rings (SSSR count). The number of anilines is 1. The van der Waals surface area contributed by atoms with Crippen LogP contribution in [0.2, 0.25) is 0 Å². The number of hydrogen-bond donors (Lipinski definition) is 0. The number of benzene rings is 1. The van der Waals surface area contributed by atoms with Crippen LogP contribution in [0.3, 0.4) is 0 Å². The quantitative estimate of drug-likeness (QED) is 0.539. The Kier molecular flexibility index (Phi) is 5.49. The van der Waals surface area contributed by atoms with E-state index in [1.807, 2.05) is 12.1 Å². The summed E-state index contributed by atoms with van der Waals surface area (Å²) in [5.74, 6) is 0.561. The van der Waals surface area contributed by atoms with E-state index in [1.54, 1.807) is 13.2 Å². The summed E-state index contributed by atoms with van der Waals surface area (Å²) >= 11 is 0. The number of carbonyl (C=O) groups is 1. The SMILES string of the molecule is CCN(CC)c1ccc(C=O)c(OCOC)c1. The van der Waals surface area contributed by atoms with Gasteiger partial charge in [-0.3, -0.25) is 4.79 Å². The van der Waals surface area contributed by atoms with E-state index in [9.17, 15) is 4.79 Å². The van der Waals surface area contributed by atoms with Crippen LogP contribution < -0.4 is 9.64 Å². The number of nitrogens with zero attached hydrogens (tertiary/aromatic N) is 1. The molecule has 0 heterocycles. The molecule has 0 spiro atoms. The second-order valence-corrected chi connectivity index (χ2v) is 3.56. The molecule has 0 fully saturated rings. The van der Waals surface area contributed by atoms with Gasteiger partial charge in [0.15, 0.2) is 13.1 Å². The van der Waals surface area contributed by atoms with Crippen molar-refractivity contribution in [2.75, 3.05) is 31.9 Å². The third-order valence-corrected chi connectivity index (χ3v) is 2.58. The van der Waals surface area contributed by atoms with Crippen LogP contribution in [0.4, 0.5) is 5.69 Å². The second-order valence-electron chi connectivity index (χ2n) is 3.56. The molecule has 0 unspecified atom stereocenters. The minimum atomic E-state index is 0.141. The Balaban J connectivity index is 2.98. The van der Waals surface area contributed by atoms with Gasteiger partial charge in [0.1, 0.15) is 5.75 Å². The topological polar surface area (TPSA) is 38.8 Å². The van der Waals surface area contributed by atoms with Crippen LogP contribution in [0.25, 0.3) is 0 Å². The number of rotatable bonds is 7. The van der Waals surface area contributed by atoms with Crippen molar-refractivity contribution in [1.82, 2.24) is 0 Å². The highest BCUT2D eigenvalue weighted by Crippen LogP contribution is 2.24. The molecule has 0 amide bonds. The van der Waals surface area contributed by atoms with E-state index in [4.69, 9.17) is 9.47 Å². The fourth-order valence-electron chi connectivity index (χ4n) is 1.65. The van der Waals surface area contributed by atoms with E-state index in [2.05, 4.69) is 18.7 Å². The molecule has 0 N–H and O–H groups in total. The van der Waals surface area contributed by atoms with Gasteiger partial charge in [0, 0.05) is 32.0 Å². The van der Waals surface area contributed by atoms with E-state index in [0.29, 0.717) is 11.3 Å². The summed E-state index contributed by atoms with van der Waals surface area (Å²) in [6.07, 6.45) is 0.789. The Morgan fingerprint density at radius 1 is 1.29 bits per heavy atom. The molecule has 0 aromatic heterocycles. The maximum atomic E-state index is 10.9. The first-order valence-electron chi connectivity index (χ1n) is 5.72. The zero-order chi connectivity index (χ0) is 12.7. The van der Waals surface area contributed by atoms with Gasteiger partial charge < -0.3 is 14.4 Å². The van der Waals surface area contributed by atoms with Crippen molar-refractivity contribution >= 4 is 12.0 Å². The fourth-order valence-corrected chi connectivity index (χ4v) is 1.65. The second kappa shape index (κ2) is 6.91. The van der Waals surface area contributed by atoms with Crippen LogP contribution in [0.15, 0.2) is 18.2 Å². The van der Waals surface area contributed by atoms with Crippen molar-refractivity contribution in [3.8, 4) is 5.75 Å². The van der Waals surface area contributed by atoms with Crippen LogP contribution in [-0.4, -0.2) is 33.3 Å². The monoisotopic (exact) mass is 237 g/mol.